The quantitative estimate of drug-likeness (QED) is 0.385. The third-order valence-corrected chi connectivity index (χ3v) is 3.31. The van der Waals surface area contributed by atoms with E-state index in [-0.39, 0.29) is 6.29 Å². The maximum Gasteiger partial charge on any atom is 0.281 e. The lowest BCUT2D eigenvalue weighted by Crippen LogP contribution is -2.51. The van der Waals surface area contributed by atoms with Crippen LogP contribution in [0, 0.1) is 0 Å². The van der Waals surface area contributed by atoms with E-state index in [1.54, 1.807) is 18.3 Å². The first-order valence-electron chi connectivity index (χ1n) is 6.61. The summed E-state index contributed by atoms with van der Waals surface area (Å²) in [5.74, 6) is -1.88. The standard InChI is InChI=1S/C13H25FN2O3/c1-5-16(15(3)13(2,14)17-4)9-11-19-12-8-6-7-10-18-12/h5,12H,1,6-11H2,2-4H3. The van der Waals surface area contributed by atoms with Crippen LogP contribution in [0.3, 0.4) is 0 Å². The molecule has 0 aliphatic carbocycles. The Morgan fingerprint density at radius 3 is 2.79 bits per heavy atom. The van der Waals surface area contributed by atoms with E-state index in [1.807, 2.05) is 0 Å². The molecule has 1 heterocycles. The highest BCUT2D eigenvalue weighted by Gasteiger charge is 2.31. The second-order valence-electron chi connectivity index (χ2n) is 4.61. The Morgan fingerprint density at radius 2 is 2.26 bits per heavy atom. The van der Waals surface area contributed by atoms with E-state index in [1.165, 1.54) is 19.0 Å². The van der Waals surface area contributed by atoms with Crippen LogP contribution in [-0.2, 0) is 14.2 Å². The zero-order chi connectivity index (χ0) is 14.3. The van der Waals surface area contributed by atoms with Gasteiger partial charge in [-0.25, -0.2) is 0 Å². The van der Waals surface area contributed by atoms with Gasteiger partial charge in [0.05, 0.1) is 13.2 Å². The Morgan fingerprint density at radius 1 is 1.53 bits per heavy atom. The predicted molar refractivity (Wildman–Crippen MR) is 70.7 cm³/mol. The average Bonchev–Trinajstić information content (AvgIpc) is 2.44. The molecule has 1 rings (SSSR count). The fourth-order valence-electron chi connectivity index (χ4n) is 1.85. The number of ether oxygens (including phenoxy) is 3. The zero-order valence-corrected chi connectivity index (χ0v) is 12.1. The Kier molecular flexibility index (Phi) is 6.71. The summed E-state index contributed by atoms with van der Waals surface area (Å²) in [6.45, 7) is 6.70. The van der Waals surface area contributed by atoms with Gasteiger partial charge in [0, 0.05) is 33.9 Å². The largest absolute Gasteiger partial charge is 0.353 e. The number of nitrogens with zero attached hydrogens (tertiary/aromatic N) is 2. The topological polar surface area (TPSA) is 34.2 Å². The second-order valence-corrected chi connectivity index (χ2v) is 4.61. The molecule has 0 bridgehead atoms. The predicted octanol–water partition coefficient (Wildman–Crippen LogP) is 2.11. The first-order chi connectivity index (χ1) is 9.01. The fourth-order valence-corrected chi connectivity index (χ4v) is 1.85. The van der Waals surface area contributed by atoms with E-state index in [2.05, 4.69) is 6.58 Å². The van der Waals surface area contributed by atoms with Crippen LogP contribution >= 0.6 is 0 Å². The number of hydrogen-bond acceptors (Lipinski definition) is 5. The molecular weight excluding hydrogens is 251 g/mol. The minimum atomic E-state index is -1.88. The smallest absolute Gasteiger partial charge is 0.281 e. The zero-order valence-electron chi connectivity index (χ0n) is 12.1. The van der Waals surface area contributed by atoms with Crippen molar-refractivity contribution in [2.45, 2.75) is 38.5 Å². The van der Waals surface area contributed by atoms with Crippen LogP contribution in [0.5, 0.6) is 0 Å². The molecular formula is C13H25FN2O3. The Bertz CT molecular complexity index is 271. The van der Waals surface area contributed by atoms with Gasteiger partial charge in [0.25, 0.3) is 5.98 Å². The maximum atomic E-state index is 14.0. The fraction of sp³-hybridized carbons (Fsp3) is 0.846. The van der Waals surface area contributed by atoms with E-state index < -0.39 is 5.98 Å². The lowest BCUT2D eigenvalue weighted by Gasteiger charge is -2.38. The van der Waals surface area contributed by atoms with E-state index >= 15 is 0 Å². The van der Waals surface area contributed by atoms with Gasteiger partial charge in [-0.3, -0.25) is 0 Å². The number of hydrogen-bond donors (Lipinski definition) is 0. The number of methoxy groups -OCH3 is 1. The van der Waals surface area contributed by atoms with Gasteiger partial charge in [-0.05, 0) is 19.3 Å². The molecule has 6 heteroatoms. The first kappa shape index (κ1) is 16.4. The van der Waals surface area contributed by atoms with E-state index in [0.29, 0.717) is 13.2 Å². The summed E-state index contributed by atoms with van der Waals surface area (Å²) in [5, 5.41) is 2.96. The van der Waals surface area contributed by atoms with Gasteiger partial charge in [0.15, 0.2) is 6.29 Å². The number of rotatable bonds is 8. The van der Waals surface area contributed by atoms with E-state index in [0.717, 1.165) is 25.9 Å². The van der Waals surface area contributed by atoms with Gasteiger partial charge in [-0.15, -0.1) is 0 Å². The van der Waals surface area contributed by atoms with Crippen molar-refractivity contribution >= 4 is 0 Å². The summed E-state index contributed by atoms with van der Waals surface area (Å²) in [5.41, 5.74) is 0. The summed E-state index contributed by atoms with van der Waals surface area (Å²) in [6, 6.07) is 0. The van der Waals surface area contributed by atoms with Crippen LogP contribution in [0.15, 0.2) is 12.8 Å². The Hall–Kier alpha value is -0.690. The SMILES string of the molecule is C=CN(CCOC1CCCCO1)N(C)C(C)(F)OC. The van der Waals surface area contributed by atoms with Gasteiger partial charge in [-0.2, -0.15) is 9.40 Å². The van der Waals surface area contributed by atoms with Gasteiger partial charge in [0.2, 0.25) is 0 Å². The van der Waals surface area contributed by atoms with Crippen molar-refractivity contribution in [1.29, 1.82) is 0 Å². The molecule has 19 heavy (non-hydrogen) atoms. The van der Waals surface area contributed by atoms with Crippen LogP contribution in [0.25, 0.3) is 0 Å². The van der Waals surface area contributed by atoms with Gasteiger partial charge in [0.1, 0.15) is 0 Å². The van der Waals surface area contributed by atoms with E-state index in [9.17, 15) is 4.39 Å². The van der Waals surface area contributed by atoms with Crippen molar-refractivity contribution < 1.29 is 18.6 Å². The van der Waals surface area contributed by atoms with Crippen molar-refractivity contribution in [3.63, 3.8) is 0 Å². The molecule has 1 aliphatic rings. The summed E-state index contributed by atoms with van der Waals surface area (Å²) in [6.07, 6.45) is 4.55. The minimum absolute atomic E-state index is 0.134. The molecule has 0 radical (unpaired) electrons. The van der Waals surface area contributed by atoms with Crippen molar-refractivity contribution in [3.8, 4) is 0 Å². The molecule has 0 aromatic heterocycles. The second kappa shape index (κ2) is 7.79. The third kappa shape index (κ3) is 5.06. The maximum absolute atomic E-state index is 14.0. The molecule has 0 N–H and O–H groups in total. The molecule has 1 fully saturated rings. The van der Waals surface area contributed by atoms with Crippen LogP contribution in [0.4, 0.5) is 4.39 Å². The number of alkyl halides is 1. The molecule has 1 saturated heterocycles. The van der Waals surface area contributed by atoms with Crippen LogP contribution in [0.1, 0.15) is 26.2 Å². The molecule has 0 aromatic rings. The lowest BCUT2D eigenvalue weighted by atomic mass is 10.2. The van der Waals surface area contributed by atoms with Crippen molar-refractivity contribution in [1.82, 2.24) is 10.0 Å². The third-order valence-electron chi connectivity index (χ3n) is 3.31. The normalized spacial score (nSPS) is 23.1. The first-order valence-corrected chi connectivity index (χ1v) is 6.61. The van der Waals surface area contributed by atoms with Gasteiger partial charge in [-0.1, -0.05) is 6.58 Å². The van der Waals surface area contributed by atoms with Crippen molar-refractivity contribution in [2.24, 2.45) is 0 Å². The molecule has 112 valence electrons. The van der Waals surface area contributed by atoms with Gasteiger partial charge >= 0.3 is 0 Å². The summed E-state index contributed by atoms with van der Waals surface area (Å²) >= 11 is 0. The summed E-state index contributed by atoms with van der Waals surface area (Å²) < 4.78 is 29.8. The van der Waals surface area contributed by atoms with Crippen LogP contribution in [-0.4, -0.2) is 56.2 Å². The highest BCUT2D eigenvalue weighted by molar-refractivity contribution is 4.71. The van der Waals surface area contributed by atoms with E-state index in [4.69, 9.17) is 14.2 Å². The summed E-state index contributed by atoms with van der Waals surface area (Å²) in [4.78, 5) is 0. The number of halogens is 1. The molecule has 1 aliphatic heterocycles. The average molecular weight is 276 g/mol. The molecule has 0 amide bonds. The monoisotopic (exact) mass is 276 g/mol. The van der Waals surface area contributed by atoms with Gasteiger partial charge < -0.3 is 19.2 Å². The lowest BCUT2D eigenvalue weighted by molar-refractivity contribution is -0.267. The Labute approximate surface area is 114 Å². The highest BCUT2D eigenvalue weighted by atomic mass is 19.2. The molecule has 0 spiro atoms. The van der Waals surface area contributed by atoms with Crippen LogP contribution in [0.2, 0.25) is 0 Å². The minimum Gasteiger partial charge on any atom is -0.353 e. The number of hydrazine groups is 1. The molecule has 0 aromatic carbocycles. The molecule has 2 atom stereocenters. The van der Waals surface area contributed by atoms with Crippen LogP contribution < -0.4 is 0 Å². The molecule has 5 nitrogen and oxygen atoms in total. The van der Waals surface area contributed by atoms with Crippen molar-refractivity contribution in [2.75, 3.05) is 33.9 Å². The molecule has 0 saturated carbocycles. The highest BCUT2D eigenvalue weighted by Crippen LogP contribution is 2.18. The summed E-state index contributed by atoms with van der Waals surface area (Å²) in [7, 11) is 2.92. The van der Waals surface area contributed by atoms with Crippen molar-refractivity contribution in [3.05, 3.63) is 12.8 Å². The molecule has 2 unspecified atom stereocenters. The Balaban J connectivity index is 2.33.